The lowest BCUT2D eigenvalue weighted by atomic mass is 10.1. The highest BCUT2D eigenvalue weighted by Crippen LogP contribution is 2.25. The van der Waals surface area contributed by atoms with Crippen LogP contribution in [0.1, 0.15) is 43.4 Å². The highest BCUT2D eigenvalue weighted by molar-refractivity contribution is 7.85. The van der Waals surface area contributed by atoms with Gasteiger partial charge in [0.15, 0.2) is 0 Å². The minimum atomic E-state index is -4.36. The second-order valence-electron chi connectivity index (χ2n) is 4.26. The number of thiol groups is 1. The molecule has 1 radical (unpaired) electrons. The predicted octanol–water partition coefficient (Wildman–Crippen LogP) is 1.97. The fourth-order valence-corrected chi connectivity index (χ4v) is 3.10. The third-order valence-corrected chi connectivity index (χ3v) is 4.65. The molecule has 0 heterocycles. The van der Waals surface area contributed by atoms with E-state index < -0.39 is 31.0 Å². The zero-order valence-corrected chi connectivity index (χ0v) is 12.3. The van der Waals surface area contributed by atoms with E-state index in [2.05, 4.69) is 6.07 Å². The van der Waals surface area contributed by atoms with Crippen molar-refractivity contribution in [2.24, 2.45) is 0 Å². The second-order valence-corrected chi connectivity index (χ2v) is 6.84. The van der Waals surface area contributed by atoms with Gasteiger partial charge in [0.05, 0.1) is 5.25 Å². The van der Waals surface area contributed by atoms with Gasteiger partial charge in [-0.25, -0.2) is 8.42 Å². The molecule has 1 aromatic rings. The van der Waals surface area contributed by atoms with Crippen LogP contribution < -0.4 is 0 Å². The van der Waals surface area contributed by atoms with Gasteiger partial charge in [-0.1, -0.05) is 38.3 Å². The summed E-state index contributed by atoms with van der Waals surface area (Å²) in [5.41, 5.74) is 0.374. The number of unbranched alkanes of at least 4 members (excludes halogenated alkanes) is 2. The third-order valence-electron chi connectivity index (χ3n) is 2.80. The van der Waals surface area contributed by atoms with Crippen LogP contribution in [0.5, 0.6) is 0 Å². The van der Waals surface area contributed by atoms with Gasteiger partial charge in [0.1, 0.15) is 15.6 Å². The molecule has 0 saturated heterocycles. The summed E-state index contributed by atoms with van der Waals surface area (Å²) in [4.78, 5) is -0.401. The monoisotopic (exact) mass is 305 g/mol. The Bertz CT molecular complexity index is 582. The Balaban J connectivity index is 3.03. The first-order valence-electron chi connectivity index (χ1n) is 5.99. The average molecular weight is 305 g/mol. The third kappa shape index (κ3) is 4.93. The number of rotatable bonds is 7. The Morgan fingerprint density at radius 3 is 2.58 bits per heavy atom. The van der Waals surface area contributed by atoms with Crippen molar-refractivity contribution in [1.82, 2.24) is 0 Å². The van der Waals surface area contributed by atoms with Crippen LogP contribution in [0.15, 0.2) is 23.1 Å². The first-order chi connectivity index (χ1) is 8.86. The van der Waals surface area contributed by atoms with Gasteiger partial charge in [0.2, 0.25) is 0 Å². The summed E-state index contributed by atoms with van der Waals surface area (Å²) in [6.45, 7) is 2.01. The van der Waals surface area contributed by atoms with Gasteiger partial charge in [-0.05, 0) is 18.1 Å². The van der Waals surface area contributed by atoms with Crippen LogP contribution >= 0.6 is 0 Å². The fraction of sp³-hybridized carbons (Fsp3) is 0.500. The van der Waals surface area contributed by atoms with Crippen LogP contribution in [-0.4, -0.2) is 21.4 Å². The molecule has 0 aliphatic rings. The van der Waals surface area contributed by atoms with Crippen molar-refractivity contribution in [3.63, 3.8) is 0 Å². The molecule has 0 amide bonds. The molecule has 0 fully saturated rings. The summed E-state index contributed by atoms with van der Waals surface area (Å²) >= 11 is 0. The van der Waals surface area contributed by atoms with Gasteiger partial charge in [0.25, 0.3) is 10.1 Å². The molecular formula is C12H17O5S2. The number of hydrogen-bond acceptors (Lipinski definition) is 4. The Morgan fingerprint density at radius 2 is 2.05 bits per heavy atom. The van der Waals surface area contributed by atoms with Crippen LogP contribution in [0.2, 0.25) is 0 Å². The molecular weight excluding hydrogens is 288 g/mol. The highest BCUT2D eigenvalue weighted by Gasteiger charge is 2.17. The summed E-state index contributed by atoms with van der Waals surface area (Å²) < 4.78 is 53.5. The first kappa shape index (κ1) is 16.1. The van der Waals surface area contributed by atoms with Crippen molar-refractivity contribution in [2.45, 2.75) is 42.8 Å². The quantitative estimate of drug-likeness (QED) is 0.457. The van der Waals surface area contributed by atoms with Crippen LogP contribution in [0.4, 0.5) is 0 Å². The van der Waals surface area contributed by atoms with E-state index in [1.165, 1.54) is 12.1 Å². The Kier molecular flexibility index (Phi) is 5.96. The Labute approximate surface area is 115 Å². The molecule has 107 valence electrons. The molecule has 1 rings (SSSR count). The predicted molar refractivity (Wildman–Crippen MR) is 72.3 cm³/mol. The number of hydrogen-bond donors (Lipinski definition) is 2. The van der Waals surface area contributed by atoms with Crippen LogP contribution in [-0.2, 0) is 20.8 Å². The van der Waals surface area contributed by atoms with Crippen molar-refractivity contribution in [3.8, 4) is 0 Å². The molecule has 0 spiro atoms. The standard InChI is InChI=1S/C12H17O5S2/c1-2-3-4-8-12(18(13)14)10-6-5-7-11(9-10)19(15,16)17/h5-6,9,12,18H,2-4,8H2,1H3,(H,15,16,17). The molecule has 7 heteroatoms. The van der Waals surface area contributed by atoms with E-state index in [4.69, 9.17) is 4.55 Å². The van der Waals surface area contributed by atoms with Crippen LogP contribution in [0.25, 0.3) is 0 Å². The van der Waals surface area contributed by atoms with Gasteiger partial charge in [-0.3, -0.25) is 4.55 Å². The minimum Gasteiger partial charge on any atom is -0.282 e. The average Bonchev–Trinajstić information content (AvgIpc) is 2.33. The Hall–Kier alpha value is -0.920. The lowest BCUT2D eigenvalue weighted by molar-refractivity contribution is 0.482. The van der Waals surface area contributed by atoms with E-state index in [1.807, 2.05) is 6.92 Å². The van der Waals surface area contributed by atoms with Gasteiger partial charge >= 0.3 is 0 Å². The molecule has 1 N–H and O–H groups in total. The summed E-state index contributed by atoms with van der Waals surface area (Å²) in [7, 11) is -7.06. The molecule has 0 bridgehead atoms. The van der Waals surface area contributed by atoms with Crippen molar-refractivity contribution in [2.75, 3.05) is 0 Å². The van der Waals surface area contributed by atoms with Gasteiger partial charge < -0.3 is 0 Å². The van der Waals surface area contributed by atoms with Gasteiger partial charge in [0, 0.05) is 6.07 Å². The first-order valence-corrected chi connectivity index (χ1v) is 8.67. The molecule has 5 nitrogen and oxygen atoms in total. The smallest absolute Gasteiger partial charge is 0.282 e. The fourth-order valence-electron chi connectivity index (χ4n) is 1.80. The van der Waals surface area contributed by atoms with Crippen LogP contribution in [0.3, 0.4) is 0 Å². The van der Waals surface area contributed by atoms with E-state index in [0.29, 0.717) is 12.0 Å². The van der Waals surface area contributed by atoms with Crippen LogP contribution in [0, 0.1) is 6.07 Å². The SMILES string of the molecule is CCCCCC(c1cc[c]c(S(=O)(=O)O)c1)[SH](=O)=O. The van der Waals surface area contributed by atoms with E-state index in [0.717, 1.165) is 25.3 Å². The number of benzene rings is 1. The molecule has 0 aliphatic carbocycles. The topological polar surface area (TPSA) is 88.5 Å². The molecule has 1 unspecified atom stereocenters. The molecule has 0 aliphatic heterocycles. The maximum atomic E-state index is 11.3. The molecule has 0 saturated carbocycles. The largest absolute Gasteiger partial charge is 0.295 e. The minimum absolute atomic E-state index is 0.374. The molecule has 1 atom stereocenters. The second kappa shape index (κ2) is 7.02. The summed E-state index contributed by atoms with van der Waals surface area (Å²) in [6.07, 6.45) is 3.09. The maximum absolute atomic E-state index is 11.3. The van der Waals surface area contributed by atoms with E-state index in [9.17, 15) is 16.8 Å². The summed E-state index contributed by atoms with van der Waals surface area (Å²) in [6, 6.07) is 6.36. The van der Waals surface area contributed by atoms with Gasteiger partial charge in [-0.2, -0.15) is 8.42 Å². The van der Waals surface area contributed by atoms with E-state index in [1.54, 1.807) is 0 Å². The van der Waals surface area contributed by atoms with E-state index in [-0.39, 0.29) is 0 Å². The summed E-state index contributed by atoms with van der Waals surface area (Å²) in [5, 5.41) is -0.725. The molecule has 1 aromatic carbocycles. The van der Waals surface area contributed by atoms with Crippen molar-refractivity contribution < 1.29 is 21.4 Å². The van der Waals surface area contributed by atoms with Gasteiger partial charge in [-0.15, -0.1) is 0 Å². The Morgan fingerprint density at radius 1 is 1.37 bits per heavy atom. The lowest BCUT2D eigenvalue weighted by Crippen LogP contribution is -2.04. The van der Waals surface area contributed by atoms with E-state index >= 15 is 0 Å². The molecule has 19 heavy (non-hydrogen) atoms. The normalized spacial score (nSPS) is 13.6. The molecule has 0 aromatic heterocycles. The lowest BCUT2D eigenvalue weighted by Gasteiger charge is -2.11. The maximum Gasteiger partial charge on any atom is 0.295 e. The van der Waals surface area contributed by atoms with Crippen molar-refractivity contribution in [1.29, 1.82) is 0 Å². The zero-order chi connectivity index (χ0) is 14.5. The van der Waals surface area contributed by atoms with Crippen molar-refractivity contribution in [3.05, 3.63) is 29.8 Å². The zero-order valence-electron chi connectivity index (χ0n) is 10.6. The summed E-state index contributed by atoms with van der Waals surface area (Å²) in [5.74, 6) is 0. The van der Waals surface area contributed by atoms with Crippen molar-refractivity contribution >= 4 is 20.8 Å². The highest BCUT2D eigenvalue weighted by atomic mass is 32.2.